The van der Waals surface area contributed by atoms with E-state index in [1.165, 1.54) is 5.56 Å². The van der Waals surface area contributed by atoms with E-state index in [0.29, 0.717) is 0 Å². The Balaban J connectivity index is 2.18. The summed E-state index contributed by atoms with van der Waals surface area (Å²) in [6.07, 6.45) is 3.47. The molecule has 0 aliphatic rings. The molecular formula is C17H15BrO. The first-order chi connectivity index (χ1) is 9.06. The van der Waals surface area contributed by atoms with Gasteiger partial charge in [0.05, 0.1) is 0 Å². The number of rotatable bonds is 3. The van der Waals surface area contributed by atoms with E-state index in [1.807, 2.05) is 62.4 Å². The van der Waals surface area contributed by atoms with Gasteiger partial charge in [-0.15, -0.1) is 0 Å². The number of carbonyl (C=O) groups excluding carboxylic acids is 1. The van der Waals surface area contributed by atoms with E-state index in [0.717, 1.165) is 21.2 Å². The lowest BCUT2D eigenvalue weighted by molar-refractivity contribution is 0.104. The average Bonchev–Trinajstić information content (AvgIpc) is 2.37. The number of hydrogen-bond donors (Lipinski definition) is 0. The number of benzene rings is 2. The van der Waals surface area contributed by atoms with Gasteiger partial charge >= 0.3 is 0 Å². The summed E-state index contributed by atoms with van der Waals surface area (Å²) >= 11 is 3.39. The molecule has 96 valence electrons. The standard InChI is InChI=1S/C17H15BrO/c1-12-3-9-16(13(2)11-12)17(19)10-6-14-4-7-15(18)8-5-14/h3-11H,1-2H3. The predicted molar refractivity (Wildman–Crippen MR) is 83.4 cm³/mol. The summed E-state index contributed by atoms with van der Waals surface area (Å²) in [6.45, 7) is 3.99. The number of halogens is 1. The number of allylic oxidation sites excluding steroid dienone is 1. The van der Waals surface area contributed by atoms with Crippen LogP contribution >= 0.6 is 15.9 Å². The maximum absolute atomic E-state index is 12.1. The summed E-state index contributed by atoms with van der Waals surface area (Å²) in [5.74, 6) is 0.0421. The van der Waals surface area contributed by atoms with Crippen LogP contribution in [0.5, 0.6) is 0 Å². The lowest BCUT2D eigenvalue weighted by atomic mass is 10.0. The second-order valence-corrected chi connectivity index (χ2v) is 5.48. The molecule has 2 heteroatoms. The van der Waals surface area contributed by atoms with Gasteiger partial charge in [-0.2, -0.15) is 0 Å². The molecule has 2 rings (SSSR count). The quantitative estimate of drug-likeness (QED) is 0.578. The van der Waals surface area contributed by atoms with Gasteiger partial charge in [-0.1, -0.05) is 57.9 Å². The molecule has 0 aliphatic heterocycles. The average molecular weight is 315 g/mol. The van der Waals surface area contributed by atoms with E-state index in [2.05, 4.69) is 15.9 Å². The van der Waals surface area contributed by atoms with Crippen LogP contribution in [0.25, 0.3) is 6.08 Å². The summed E-state index contributed by atoms with van der Waals surface area (Å²) in [7, 11) is 0. The van der Waals surface area contributed by atoms with Crippen molar-refractivity contribution in [3.63, 3.8) is 0 Å². The van der Waals surface area contributed by atoms with E-state index >= 15 is 0 Å². The summed E-state index contributed by atoms with van der Waals surface area (Å²) in [5.41, 5.74) is 3.97. The van der Waals surface area contributed by atoms with Gasteiger partial charge in [0.25, 0.3) is 0 Å². The van der Waals surface area contributed by atoms with Gasteiger partial charge < -0.3 is 0 Å². The Morgan fingerprint density at radius 2 is 1.74 bits per heavy atom. The summed E-state index contributed by atoms with van der Waals surface area (Å²) in [6, 6.07) is 13.7. The smallest absolute Gasteiger partial charge is 0.186 e. The Hall–Kier alpha value is -1.67. The highest BCUT2D eigenvalue weighted by molar-refractivity contribution is 9.10. The molecule has 1 nitrogen and oxygen atoms in total. The van der Waals surface area contributed by atoms with Crippen LogP contribution in [0.3, 0.4) is 0 Å². The summed E-state index contributed by atoms with van der Waals surface area (Å²) in [5, 5.41) is 0. The van der Waals surface area contributed by atoms with Crippen LogP contribution in [-0.4, -0.2) is 5.78 Å². The highest BCUT2D eigenvalue weighted by Gasteiger charge is 2.05. The van der Waals surface area contributed by atoms with Crippen molar-refractivity contribution in [2.75, 3.05) is 0 Å². The number of hydrogen-bond acceptors (Lipinski definition) is 1. The third kappa shape index (κ3) is 3.65. The van der Waals surface area contributed by atoms with Crippen LogP contribution in [0, 0.1) is 13.8 Å². The van der Waals surface area contributed by atoms with Crippen molar-refractivity contribution in [3.05, 3.63) is 75.3 Å². The van der Waals surface area contributed by atoms with Crippen molar-refractivity contribution in [3.8, 4) is 0 Å². The maximum atomic E-state index is 12.1. The molecule has 0 spiro atoms. The number of ketones is 1. The molecule has 0 N–H and O–H groups in total. The molecule has 0 unspecified atom stereocenters. The van der Waals surface area contributed by atoms with Gasteiger partial charge in [-0.3, -0.25) is 4.79 Å². The lowest BCUT2D eigenvalue weighted by Gasteiger charge is -2.02. The van der Waals surface area contributed by atoms with Gasteiger partial charge in [-0.25, -0.2) is 0 Å². The van der Waals surface area contributed by atoms with E-state index < -0.39 is 0 Å². The predicted octanol–water partition coefficient (Wildman–Crippen LogP) is 4.96. The highest BCUT2D eigenvalue weighted by atomic mass is 79.9. The molecule has 0 aromatic heterocycles. The molecule has 0 atom stereocenters. The second-order valence-electron chi connectivity index (χ2n) is 4.57. The molecule has 0 saturated heterocycles. The fraction of sp³-hybridized carbons (Fsp3) is 0.118. The Morgan fingerprint density at radius 3 is 2.37 bits per heavy atom. The highest BCUT2D eigenvalue weighted by Crippen LogP contribution is 2.14. The SMILES string of the molecule is Cc1ccc(C(=O)C=Cc2ccc(Br)cc2)c(C)c1. The molecule has 2 aromatic carbocycles. The van der Waals surface area contributed by atoms with Gasteiger partial charge in [0.2, 0.25) is 0 Å². The van der Waals surface area contributed by atoms with Crippen LogP contribution in [0.4, 0.5) is 0 Å². The maximum Gasteiger partial charge on any atom is 0.186 e. The first-order valence-corrected chi connectivity index (χ1v) is 6.91. The van der Waals surface area contributed by atoms with E-state index in [9.17, 15) is 4.79 Å². The van der Waals surface area contributed by atoms with Gasteiger partial charge in [0.1, 0.15) is 0 Å². The monoisotopic (exact) mass is 314 g/mol. The minimum absolute atomic E-state index is 0.0421. The minimum Gasteiger partial charge on any atom is -0.289 e. The van der Waals surface area contributed by atoms with E-state index in [1.54, 1.807) is 6.08 Å². The molecule has 0 radical (unpaired) electrons. The summed E-state index contributed by atoms with van der Waals surface area (Å²) in [4.78, 5) is 12.1. The first kappa shape index (κ1) is 13.8. The zero-order valence-corrected chi connectivity index (χ0v) is 12.6. The molecule has 0 fully saturated rings. The van der Waals surface area contributed by atoms with Crippen molar-refractivity contribution in [1.82, 2.24) is 0 Å². The van der Waals surface area contributed by atoms with E-state index in [4.69, 9.17) is 0 Å². The Morgan fingerprint density at radius 1 is 1.05 bits per heavy atom. The molecular weight excluding hydrogens is 300 g/mol. The van der Waals surface area contributed by atoms with Crippen LogP contribution in [-0.2, 0) is 0 Å². The molecule has 0 aliphatic carbocycles. The van der Waals surface area contributed by atoms with Crippen molar-refractivity contribution in [1.29, 1.82) is 0 Å². The minimum atomic E-state index is 0.0421. The summed E-state index contributed by atoms with van der Waals surface area (Å²) < 4.78 is 1.03. The van der Waals surface area contributed by atoms with Crippen LogP contribution in [0.15, 0.2) is 53.0 Å². The molecule has 2 aromatic rings. The van der Waals surface area contributed by atoms with Gasteiger partial charge in [0, 0.05) is 10.0 Å². The normalized spacial score (nSPS) is 10.9. The zero-order chi connectivity index (χ0) is 13.8. The Bertz CT molecular complexity index is 624. The van der Waals surface area contributed by atoms with E-state index in [-0.39, 0.29) is 5.78 Å². The van der Waals surface area contributed by atoms with Crippen LogP contribution < -0.4 is 0 Å². The fourth-order valence-electron chi connectivity index (χ4n) is 1.93. The topological polar surface area (TPSA) is 17.1 Å². The number of aryl methyl sites for hydroxylation is 2. The molecule has 0 saturated carbocycles. The van der Waals surface area contributed by atoms with Gasteiger partial charge in [-0.05, 0) is 43.2 Å². The molecule has 0 heterocycles. The van der Waals surface area contributed by atoms with Crippen LogP contribution in [0.2, 0.25) is 0 Å². The zero-order valence-electron chi connectivity index (χ0n) is 11.0. The Labute approximate surface area is 122 Å². The first-order valence-electron chi connectivity index (χ1n) is 6.11. The number of carbonyl (C=O) groups is 1. The largest absolute Gasteiger partial charge is 0.289 e. The van der Waals surface area contributed by atoms with Crippen molar-refractivity contribution < 1.29 is 4.79 Å². The lowest BCUT2D eigenvalue weighted by Crippen LogP contribution is -1.97. The second kappa shape index (κ2) is 5.98. The van der Waals surface area contributed by atoms with Crippen molar-refractivity contribution >= 4 is 27.8 Å². The third-order valence-electron chi connectivity index (χ3n) is 2.94. The van der Waals surface area contributed by atoms with Crippen molar-refractivity contribution in [2.45, 2.75) is 13.8 Å². The van der Waals surface area contributed by atoms with Crippen LogP contribution in [0.1, 0.15) is 27.0 Å². The molecule has 0 amide bonds. The molecule has 19 heavy (non-hydrogen) atoms. The van der Waals surface area contributed by atoms with Crippen molar-refractivity contribution in [2.24, 2.45) is 0 Å². The fourth-order valence-corrected chi connectivity index (χ4v) is 2.19. The van der Waals surface area contributed by atoms with Gasteiger partial charge in [0.15, 0.2) is 5.78 Å². The molecule has 0 bridgehead atoms. The third-order valence-corrected chi connectivity index (χ3v) is 3.47. The Kier molecular flexibility index (Phi) is 4.33.